The molecular formula is C17H18ClN5O2. The van der Waals surface area contributed by atoms with Crippen molar-refractivity contribution in [1.82, 2.24) is 20.0 Å². The highest BCUT2D eigenvalue weighted by atomic mass is 35.5. The van der Waals surface area contributed by atoms with Crippen molar-refractivity contribution in [3.63, 3.8) is 0 Å². The summed E-state index contributed by atoms with van der Waals surface area (Å²) >= 11 is 5.99. The molecule has 2 heterocycles. The van der Waals surface area contributed by atoms with E-state index in [-0.39, 0.29) is 5.91 Å². The van der Waals surface area contributed by atoms with Crippen LogP contribution in [-0.2, 0) is 7.05 Å². The van der Waals surface area contributed by atoms with Crippen LogP contribution in [0.2, 0.25) is 5.02 Å². The molecule has 1 aromatic carbocycles. The van der Waals surface area contributed by atoms with Crippen LogP contribution in [0.3, 0.4) is 0 Å². The Balaban J connectivity index is 1.88. The van der Waals surface area contributed by atoms with Crippen LogP contribution in [0.25, 0.3) is 11.3 Å². The molecule has 0 saturated carbocycles. The number of aryl methyl sites for hydroxylation is 2. The van der Waals surface area contributed by atoms with Gasteiger partial charge in [-0.25, -0.2) is 0 Å². The molecule has 0 saturated heterocycles. The van der Waals surface area contributed by atoms with Crippen molar-refractivity contribution in [3.05, 3.63) is 46.4 Å². The minimum atomic E-state index is -0.335. The molecule has 0 unspecified atom stereocenters. The normalized spacial score (nSPS) is 10.8. The van der Waals surface area contributed by atoms with Gasteiger partial charge in [0.25, 0.3) is 5.91 Å². The third kappa shape index (κ3) is 3.23. The maximum absolute atomic E-state index is 12.5. The Labute approximate surface area is 150 Å². The molecule has 0 atom stereocenters. The number of carbonyl (C=O) groups is 1. The number of aromatic amines is 1. The molecule has 0 bridgehead atoms. The molecule has 7 nitrogen and oxygen atoms in total. The maximum atomic E-state index is 12.5. The zero-order valence-electron chi connectivity index (χ0n) is 14.3. The van der Waals surface area contributed by atoms with Crippen molar-refractivity contribution in [3.8, 4) is 17.0 Å². The van der Waals surface area contributed by atoms with Gasteiger partial charge in [-0.1, -0.05) is 11.6 Å². The first-order chi connectivity index (χ1) is 11.9. The Morgan fingerprint density at radius 2 is 2.08 bits per heavy atom. The fraction of sp³-hybridized carbons (Fsp3) is 0.235. The molecule has 3 rings (SSSR count). The van der Waals surface area contributed by atoms with E-state index in [1.54, 1.807) is 28.9 Å². The zero-order chi connectivity index (χ0) is 18.1. The summed E-state index contributed by atoms with van der Waals surface area (Å²) in [6.45, 7) is 3.87. The van der Waals surface area contributed by atoms with Crippen LogP contribution in [0.4, 0.5) is 5.69 Å². The monoisotopic (exact) mass is 359 g/mol. The van der Waals surface area contributed by atoms with Gasteiger partial charge in [-0.05, 0) is 38.1 Å². The van der Waals surface area contributed by atoms with Crippen molar-refractivity contribution in [2.24, 2.45) is 7.05 Å². The lowest BCUT2D eigenvalue weighted by atomic mass is 10.1. The Morgan fingerprint density at radius 1 is 1.32 bits per heavy atom. The fourth-order valence-corrected chi connectivity index (χ4v) is 2.85. The quantitative estimate of drug-likeness (QED) is 0.748. The molecule has 0 aliphatic heterocycles. The lowest BCUT2D eigenvalue weighted by molar-refractivity contribution is 0.102. The fourth-order valence-electron chi connectivity index (χ4n) is 2.68. The minimum Gasteiger partial charge on any atom is -0.495 e. The van der Waals surface area contributed by atoms with Crippen molar-refractivity contribution >= 4 is 23.2 Å². The van der Waals surface area contributed by atoms with E-state index in [9.17, 15) is 4.79 Å². The molecule has 0 aliphatic rings. The van der Waals surface area contributed by atoms with Crippen LogP contribution in [0.15, 0.2) is 24.3 Å². The maximum Gasteiger partial charge on any atom is 0.273 e. The highest BCUT2D eigenvalue weighted by Gasteiger charge is 2.18. The van der Waals surface area contributed by atoms with Crippen molar-refractivity contribution in [2.45, 2.75) is 13.8 Å². The number of amides is 1. The number of hydrogen-bond donors (Lipinski definition) is 2. The number of benzene rings is 1. The van der Waals surface area contributed by atoms with Gasteiger partial charge >= 0.3 is 0 Å². The van der Waals surface area contributed by atoms with E-state index in [0.717, 1.165) is 17.0 Å². The van der Waals surface area contributed by atoms with E-state index in [2.05, 4.69) is 20.6 Å². The second-order valence-corrected chi connectivity index (χ2v) is 6.07. The van der Waals surface area contributed by atoms with Gasteiger partial charge in [-0.15, -0.1) is 0 Å². The largest absolute Gasteiger partial charge is 0.495 e. The van der Waals surface area contributed by atoms with Crippen LogP contribution in [0.5, 0.6) is 5.75 Å². The van der Waals surface area contributed by atoms with Crippen molar-refractivity contribution in [1.29, 1.82) is 0 Å². The molecular weight excluding hydrogens is 342 g/mol. The molecule has 1 amide bonds. The number of rotatable bonds is 4. The number of nitrogens with one attached hydrogen (secondary N) is 2. The molecule has 3 aromatic rings. The smallest absolute Gasteiger partial charge is 0.273 e. The van der Waals surface area contributed by atoms with Crippen LogP contribution >= 0.6 is 11.6 Å². The van der Waals surface area contributed by atoms with Gasteiger partial charge in [0.05, 0.1) is 24.2 Å². The van der Waals surface area contributed by atoms with Gasteiger partial charge in [0.1, 0.15) is 11.4 Å². The molecule has 130 valence electrons. The predicted molar refractivity (Wildman–Crippen MR) is 96.2 cm³/mol. The molecule has 2 N–H and O–H groups in total. The van der Waals surface area contributed by atoms with Crippen molar-refractivity contribution in [2.75, 3.05) is 12.4 Å². The first kappa shape index (κ1) is 17.0. The van der Waals surface area contributed by atoms with E-state index >= 15 is 0 Å². The van der Waals surface area contributed by atoms with Crippen LogP contribution in [0.1, 0.15) is 21.9 Å². The number of nitrogens with zero attached hydrogens (tertiary/aromatic N) is 3. The summed E-state index contributed by atoms with van der Waals surface area (Å²) in [5, 5.41) is 14.7. The summed E-state index contributed by atoms with van der Waals surface area (Å²) in [5.41, 5.74) is 4.25. The third-order valence-electron chi connectivity index (χ3n) is 4.00. The Hall–Kier alpha value is -2.80. The van der Waals surface area contributed by atoms with Crippen molar-refractivity contribution < 1.29 is 9.53 Å². The number of hydrogen-bond acceptors (Lipinski definition) is 4. The van der Waals surface area contributed by atoms with E-state index in [1.165, 1.54) is 7.11 Å². The van der Waals surface area contributed by atoms with Gasteiger partial charge in [0.15, 0.2) is 0 Å². The number of anilines is 1. The highest BCUT2D eigenvalue weighted by molar-refractivity contribution is 6.31. The average Bonchev–Trinajstić information content (AvgIpc) is 3.13. The molecule has 0 spiro atoms. The Morgan fingerprint density at radius 3 is 2.72 bits per heavy atom. The molecule has 0 aliphatic carbocycles. The summed E-state index contributed by atoms with van der Waals surface area (Å²) in [6.07, 6.45) is 0. The van der Waals surface area contributed by atoms with E-state index in [0.29, 0.717) is 27.8 Å². The number of ether oxygens (including phenoxy) is 1. The molecule has 25 heavy (non-hydrogen) atoms. The standard InChI is InChI=1S/C17H18ClN5O2/c1-9-16(10(2)23(3)22-9)13-8-14(21-20-13)17(24)19-12-7-11(18)5-6-15(12)25-4/h5-8H,1-4H3,(H,19,24)(H,20,21). The van der Waals surface area contributed by atoms with Crippen LogP contribution < -0.4 is 10.1 Å². The van der Waals surface area contributed by atoms with E-state index in [1.807, 2.05) is 20.9 Å². The lowest BCUT2D eigenvalue weighted by Crippen LogP contribution is -2.13. The number of H-pyrrole nitrogens is 1. The summed E-state index contributed by atoms with van der Waals surface area (Å²) in [5.74, 6) is 0.190. The van der Waals surface area contributed by atoms with Gasteiger partial charge in [0, 0.05) is 23.3 Å². The average molecular weight is 360 g/mol. The zero-order valence-corrected chi connectivity index (χ0v) is 15.1. The number of methoxy groups -OCH3 is 1. The summed E-state index contributed by atoms with van der Waals surface area (Å²) in [6, 6.07) is 6.71. The van der Waals surface area contributed by atoms with Gasteiger partial charge in [0.2, 0.25) is 0 Å². The minimum absolute atomic E-state index is 0.333. The van der Waals surface area contributed by atoms with E-state index in [4.69, 9.17) is 16.3 Å². The van der Waals surface area contributed by atoms with Crippen LogP contribution in [-0.4, -0.2) is 33.0 Å². The number of halogens is 1. The summed E-state index contributed by atoms with van der Waals surface area (Å²) in [4.78, 5) is 12.5. The third-order valence-corrected chi connectivity index (χ3v) is 4.23. The number of aromatic nitrogens is 4. The van der Waals surface area contributed by atoms with Crippen LogP contribution in [0, 0.1) is 13.8 Å². The molecule has 0 fully saturated rings. The SMILES string of the molecule is COc1ccc(Cl)cc1NC(=O)c1cc(-c2c(C)nn(C)c2C)n[nH]1. The predicted octanol–water partition coefficient (Wildman–Crippen LogP) is 3.34. The Bertz CT molecular complexity index is 945. The first-order valence-electron chi connectivity index (χ1n) is 7.61. The number of carbonyl (C=O) groups excluding carboxylic acids is 1. The molecule has 8 heteroatoms. The van der Waals surface area contributed by atoms with Gasteiger partial charge < -0.3 is 10.1 Å². The second kappa shape index (κ2) is 6.60. The van der Waals surface area contributed by atoms with E-state index < -0.39 is 0 Å². The first-order valence-corrected chi connectivity index (χ1v) is 7.99. The summed E-state index contributed by atoms with van der Waals surface area (Å²) in [7, 11) is 3.40. The highest BCUT2D eigenvalue weighted by Crippen LogP contribution is 2.29. The van der Waals surface area contributed by atoms with Gasteiger partial charge in [-0.2, -0.15) is 10.2 Å². The van der Waals surface area contributed by atoms with Gasteiger partial charge in [-0.3, -0.25) is 14.6 Å². The second-order valence-electron chi connectivity index (χ2n) is 5.64. The Kier molecular flexibility index (Phi) is 4.50. The molecule has 2 aromatic heterocycles. The lowest BCUT2D eigenvalue weighted by Gasteiger charge is -2.09. The molecule has 0 radical (unpaired) electrons. The topological polar surface area (TPSA) is 84.8 Å². The summed E-state index contributed by atoms with van der Waals surface area (Å²) < 4.78 is 7.02.